The Labute approximate surface area is 95.9 Å². The molecular weight excluding hydrogens is 202 g/mol. The summed E-state index contributed by atoms with van der Waals surface area (Å²) in [6, 6.07) is 0. The molecule has 0 atom stereocenters. The van der Waals surface area contributed by atoms with Gasteiger partial charge in [-0.05, 0) is 0 Å². The molecule has 0 rings (SSSR count). The third-order valence-corrected chi connectivity index (χ3v) is 0. The minimum Gasteiger partial charge on any atom is 1.00 e. The van der Waals surface area contributed by atoms with Gasteiger partial charge in [0.25, 0.3) is 0 Å². The molecule has 0 saturated carbocycles. The average molecular weight is 202 g/mol. The smallest absolute Gasteiger partial charge is 1.00 e. The molecule has 0 aliphatic heterocycles. The molecule has 0 aromatic heterocycles. The fraction of sp³-hybridized carbons (Fsp3) is 0. The van der Waals surface area contributed by atoms with Gasteiger partial charge in [0.05, 0.1) is 0 Å². The molecule has 0 spiro atoms. The molecule has 0 heterocycles. The van der Waals surface area contributed by atoms with Crippen LogP contribution in [0.15, 0.2) is 0 Å². The maximum atomic E-state index is 8.61. The van der Waals surface area contributed by atoms with Gasteiger partial charge in [-0.2, -0.15) is 0 Å². The summed E-state index contributed by atoms with van der Waals surface area (Å²) in [6.07, 6.45) is 0. The number of hydrogen-bond acceptors (Lipinski definition) is 4. The first-order valence-corrected chi connectivity index (χ1v) is 3.79. The second-order valence-corrected chi connectivity index (χ2v) is 2.32. The zero-order valence-corrected chi connectivity index (χ0v) is 9.87. The van der Waals surface area contributed by atoms with E-state index in [2.05, 4.69) is 0 Å². The van der Waals surface area contributed by atoms with Crippen molar-refractivity contribution in [1.82, 2.24) is 0 Å². The van der Waals surface area contributed by atoms with Gasteiger partial charge >= 0.3 is 97.8 Å². The van der Waals surface area contributed by atoms with Gasteiger partial charge in [0.1, 0.15) is 0 Å². The Morgan fingerprint density at radius 1 is 1.14 bits per heavy atom. The number of hydrogen-bond donors (Lipinski definition) is 0. The van der Waals surface area contributed by atoms with Crippen molar-refractivity contribution in [2.45, 2.75) is 0 Å². The minimum atomic E-state index is -5.88. The van der Waals surface area contributed by atoms with E-state index in [1.807, 2.05) is 0 Å². The molecular formula is AsCaNaO4. The van der Waals surface area contributed by atoms with Crippen molar-refractivity contribution in [3.05, 3.63) is 0 Å². The van der Waals surface area contributed by atoms with Crippen LogP contribution in [0.25, 0.3) is 0 Å². The largest absolute Gasteiger partial charge is 2.00 e. The van der Waals surface area contributed by atoms with Crippen molar-refractivity contribution in [2.24, 2.45) is 0 Å². The van der Waals surface area contributed by atoms with E-state index in [4.69, 9.17) is 16.0 Å². The van der Waals surface area contributed by atoms with Crippen molar-refractivity contribution in [3.63, 3.8) is 0 Å². The predicted molar refractivity (Wildman–Crippen MR) is 12.2 cm³/mol. The summed E-state index contributed by atoms with van der Waals surface area (Å²) in [6.45, 7) is 0. The Kier molecular flexibility index (Phi) is 15.4. The molecule has 0 radical (unpaired) electrons. The molecule has 0 fully saturated rings. The van der Waals surface area contributed by atoms with Gasteiger partial charge in [0.15, 0.2) is 0 Å². The summed E-state index contributed by atoms with van der Waals surface area (Å²) in [4.78, 5) is 0. The zero-order chi connectivity index (χ0) is 4.50. The zero-order valence-electron chi connectivity index (χ0n) is 3.79. The van der Waals surface area contributed by atoms with E-state index in [-0.39, 0.29) is 67.3 Å². The number of rotatable bonds is 0. The van der Waals surface area contributed by atoms with Crippen molar-refractivity contribution in [3.8, 4) is 0 Å². The van der Waals surface area contributed by atoms with Gasteiger partial charge < -0.3 is 0 Å². The molecule has 0 N–H and O–H groups in total. The van der Waals surface area contributed by atoms with E-state index in [9.17, 15) is 0 Å². The standard InChI is InChI=1S/AsH3O4.Ca.Na/c2-1(3,4)5;;/h(H3,2,3,4,5);;/q;+2;+1/p-3. The van der Waals surface area contributed by atoms with E-state index in [1.54, 1.807) is 0 Å². The van der Waals surface area contributed by atoms with Gasteiger partial charge in [0, 0.05) is 0 Å². The normalized spacial score (nSPS) is 8.43. The van der Waals surface area contributed by atoms with Gasteiger partial charge in [-0.15, -0.1) is 0 Å². The molecule has 0 amide bonds. The van der Waals surface area contributed by atoms with Crippen molar-refractivity contribution in [2.75, 3.05) is 0 Å². The van der Waals surface area contributed by atoms with Crippen molar-refractivity contribution >= 4 is 52.3 Å². The van der Waals surface area contributed by atoms with Crippen molar-refractivity contribution in [1.29, 1.82) is 0 Å². The second kappa shape index (κ2) is 6.62. The first-order chi connectivity index (χ1) is 2.00. The van der Waals surface area contributed by atoms with Crippen LogP contribution < -0.4 is 41.8 Å². The molecule has 0 aromatic rings. The summed E-state index contributed by atoms with van der Waals surface area (Å²) in [5.74, 6) is 0. The van der Waals surface area contributed by atoms with Crippen LogP contribution in [0.4, 0.5) is 0 Å². The van der Waals surface area contributed by atoms with Crippen LogP contribution in [-0.4, -0.2) is 52.3 Å². The molecule has 7 heavy (non-hydrogen) atoms. The van der Waals surface area contributed by atoms with Gasteiger partial charge in [-0.25, -0.2) is 0 Å². The van der Waals surface area contributed by atoms with E-state index in [1.165, 1.54) is 0 Å². The summed E-state index contributed by atoms with van der Waals surface area (Å²) in [7, 11) is 0. The maximum absolute atomic E-state index is 8.61. The predicted octanol–water partition coefficient (Wildman–Crippen LogP) is -7.44. The Hall–Kier alpha value is 2.50. The Balaban J connectivity index is -0.0000000800. The van der Waals surface area contributed by atoms with Crippen LogP contribution in [-0.2, 0) is 3.74 Å². The van der Waals surface area contributed by atoms with Crippen LogP contribution in [0.1, 0.15) is 0 Å². The second-order valence-electron chi connectivity index (χ2n) is 0.447. The first kappa shape index (κ1) is 16.2. The molecule has 0 bridgehead atoms. The molecule has 7 heteroatoms. The summed E-state index contributed by atoms with van der Waals surface area (Å²) < 4.78 is 34.4. The molecule has 0 aliphatic rings. The monoisotopic (exact) mass is 202 g/mol. The summed E-state index contributed by atoms with van der Waals surface area (Å²) in [5, 5.41) is 0. The molecule has 0 saturated heterocycles. The first-order valence-electron chi connectivity index (χ1n) is 0.730. The summed E-state index contributed by atoms with van der Waals surface area (Å²) in [5.41, 5.74) is 0. The van der Waals surface area contributed by atoms with Gasteiger partial charge in [-0.1, -0.05) is 0 Å². The molecule has 32 valence electrons. The maximum Gasteiger partial charge on any atom is 2.00 e. The van der Waals surface area contributed by atoms with Crippen LogP contribution in [0.3, 0.4) is 0 Å². The van der Waals surface area contributed by atoms with Crippen LogP contribution in [0, 0.1) is 0 Å². The third kappa shape index (κ3) is 57.5. The van der Waals surface area contributed by atoms with E-state index in [0.29, 0.717) is 0 Å². The SMILES string of the molecule is O=[As]([O-])([O-])[O-].[Ca+2].[Na+]. The third-order valence-electron chi connectivity index (χ3n) is 0. The quantitative estimate of drug-likeness (QED) is 0.365. The van der Waals surface area contributed by atoms with Crippen LogP contribution in [0.5, 0.6) is 0 Å². The molecule has 0 aliphatic carbocycles. The Morgan fingerprint density at radius 3 is 1.14 bits per heavy atom. The fourth-order valence-corrected chi connectivity index (χ4v) is 0. The van der Waals surface area contributed by atoms with Gasteiger partial charge in [0.2, 0.25) is 0 Å². The van der Waals surface area contributed by atoms with Gasteiger partial charge in [-0.3, -0.25) is 0 Å². The fourth-order valence-electron chi connectivity index (χ4n) is 0. The topological polar surface area (TPSA) is 86.2 Å². The van der Waals surface area contributed by atoms with Crippen LogP contribution >= 0.6 is 0 Å². The van der Waals surface area contributed by atoms with Crippen LogP contribution in [0.2, 0.25) is 0 Å². The molecule has 0 aromatic carbocycles. The molecule has 4 nitrogen and oxygen atoms in total. The van der Waals surface area contributed by atoms with E-state index in [0.717, 1.165) is 0 Å². The Bertz CT molecular complexity index is 57.8. The van der Waals surface area contributed by atoms with Crippen molar-refractivity contribution < 1.29 is 45.6 Å². The van der Waals surface area contributed by atoms with E-state index >= 15 is 0 Å². The van der Waals surface area contributed by atoms with E-state index < -0.39 is 14.5 Å². The minimum absolute atomic E-state index is 0. The molecule has 0 unspecified atom stereocenters. The Morgan fingerprint density at radius 2 is 1.14 bits per heavy atom. The summed E-state index contributed by atoms with van der Waals surface area (Å²) >= 11 is -5.88. The average Bonchev–Trinajstić information content (AvgIpc) is 0.722.